The molecule has 0 saturated carbocycles. The van der Waals surface area contributed by atoms with Gasteiger partial charge in [0.2, 0.25) is 10.0 Å². The number of anilines is 1. The zero-order valence-electron chi connectivity index (χ0n) is 17.8. The lowest BCUT2D eigenvalue weighted by atomic mass is 10.1. The third-order valence-corrected chi connectivity index (χ3v) is 7.70. The van der Waals surface area contributed by atoms with Gasteiger partial charge in [-0.05, 0) is 56.5 Å². The molecule has 1 fully saturated rings. The van der Waals surface area contributed by atoms with E-state index in [1.807, 2.05) is 32.0 Å². The smallest absolute Gasteiger partial charge is 0.243 e. The fourth-order valence-corrected chi connectivity index (χ4v) is 5.57. The van der Waals surface area contributed by atoms with Gasteiger partial charge in [-0.3, -0.25) is 0 Å². The summed E-state index contributed by atoms with van der Waals surface area (Å²) in [6.07, 6.45) is 0. The van der Waals surface area contributed by atoms with E-state index in [2.05, 4.69) is 42.1 Å². The molecule has 0 atom stereocenters. The summed E-state index contributed by atoms with van der Waals surface area (Å²) in [5.41, 5.74) is 5.81. The Bertz CT molecular complexity index is 1180. The molecule has 0 spiro atoms. The maximum Gasteiger partial charge on any atom is 0.243 e. The predicted molar refractivity (Wildman–Crippen MR) is 118 cm³/mol. The molecule has 7 heteroatoms. The summed E-state index contributed by atoms with van der Waals surface area (Å²) in [5, 5.41) is 3.91. The van der Waals surface area contributed by atoms with E-state index in [1.54, 1.807) is 10.4 Å². The minimum absolute atomic E-state index is 0.328. The van der Waals surface area contributed by atoms with E-state index in [9.17, 15) is 8.42 Å². The Hall–Kier alpha value is -2.64. The molecule has 1 aliphatic rings. The van der Waals surface area contributed by atoms with Crippen LogP contribution in [0.1, 0.15) is 22.4 Å². The average Bonchev–Trinajstić information content (AvgIpc) is 3.16. The number of aryl methyl sites for hydroxylation is 4. The third-order valence-electron chi connectivity index (χ3n) is 5.66. The van der Waals surface area contributed by atoms with E-state index in [4.69, 9.17) is 4.52 Å². The topological polar surface area (TPSA) is 66.7 Å². The molecule has 1 aromatic heterocycles. The van der Waals surface area contributed by atoms with Gasteiger partial charge in [0.15, 0.2) is 5.76 Å². The summed E-state index contributed by atoms with van der Waals surface area (Å²) < 4.78 is 33.8. The van der Waals surface area contributed by atoms with Gasteiger partial charge < -0.3 is 9.42 Å². The first-order valence-electron chi connectivity index (χ1n) is 10.1. The van der Waals surface area contributed by atoms with Crippen molar-refractivity contribution in [1.29, 1.82) is 0 Å². The van der Waals surface area contributed by atoms with Crippen molar-refractivity contribution in [3.63, 3.8) is 0 Å². The van der Waals surface area contributed by atoms with E-state index < -0.39 is 10.0 Å². The van der Waals surface area contributed by atoms with Crippen LogP contribution in [0.5, 0.6) is 0 Å². The molecule has 2 heterocycles. The standard InChI is InChI=1S/C23H27N3O3S/c1-16-5-6-17(2)21(13-16)25-9-11-26(12-10-25)30(27,28)23-15-20(8-7-18(23)3)22-14-19(4)24-29-22/h5-8,13-15H,9-12H2,1-4H3. The number of hydrogen-bond acceptors (Lipinski definition) is 5. The molecule has 1 aliphatic heterocycles. The molecular formula is C23H27N3O3S. The minimum atomic E-state index is -3.60. The number of sulfonamides is 1. The molecule has 6 nitrogen and oxygen atoms in total. The van der Waals surface area contributed by atoms with Gasteiger partial charge >= 0.3 is 0 Å². The lowest BCUT2D eigenvalue weighted by Gasteiger charge is -2.36. The van der Waals surface area contributed by atoms with Gasteiger partial charge in [-0.15, -0.1) is 0 Å². The fraction of sp³-hybridized carbons (Fsp3) is 0.348. The van der Waals surface area contributed by atoms with Crippen molar-refractivity contribution in [1.82, 2.24) is 9.46 Å². The molecule has 0 radical (unpaired) electrons. The Morgan fingerprint density at radius 1 is 0.867 bits per heavy atom. The van der Waals surface area contributed by atoms with Crippen molar-refractivity contribution in [2.75, 3.05) is 31.1 Å². The van der Waals surface area contributed by atoms with E-state index in [1.165, 1.54) is 16.8 Å². The van der Waals surface area contributed by atoms with Crippen molar-refractivity contribution in [3.05, 3.63) is 64.8 Å². The Labute approximate surface area is 178 Å². The second-order valence-electron chi connectivity index (χ2n) is 7.99. The minimum Gasteiger partial charge on any atom is -0.369 e. The van der Waals surface area contributed by atoms with Crippen LogP contribution in [0.25, 0.3) is 11.3 Å². The van der Waals surface area contributed by atoms with Crippen LogP contribution >= 0.6 is 0 Å². The van der Waals surface area contributed by atoms with Crippen LogP contribution in [0.3, 0.4) is 0 Å². The van der Waals surface area contributed by atoms with Gasteiger partial charge in [0.25, 0.3) is 0 Å². The van der Waals surface area contributed by atoms with Gasteiger partial charge in [0.05, 0.1) is 10.6 Å². The highest BCUT2D eigenvalue weighted by Crippen LogP contribution is 2.29. The zero-order chi connectivity index (χ0) is 21.5. The molecule has 3 aromatic rings. The number of rotatable bonds is 4. The number of benzene rings is 2. The quantitative estimate of drug-likeness (QED) is 0.630. The molecule has 0 amide bonds. The Morgan fingerprint density at radius 2 is 1.57 bits per heavy atom. The summed E-state index contributed by atoms with van der Waals surface area (Å²) in [6.45, 7) is 10.1. The molecule has 0 unspecified atom stereocenters. The highest BCUT2D eigenvalue weighted by Gasteiger charge is 2.30. The Morgan fingerprint density at radius 3 is 2.23 bits per heavy atom. The Kier molecular flexibility index (Phi) is 5.42. The largest absolute Gasteiger partial charge is 0.369 e. The van der Waals surface area contributed by atoms with Gasteiger partial charge in [-0.2, -0.15) is 4.31 Å². The van der Waals surface area contributed by atoms with Crippen molar-refractivity contribution < 1.29 is 12.9 Å². The van der Waals surface area contributed by atoms with E-state index >= 15 is 0 Å². The first-order valence-corrected chi connectivity index (χ1v) is 11.6. The summed E-state index contributed by atoms with van der Waals surface area (Å²) in [6, 6.07) is 13.6. The van der Waals surface area contributed by atoms with Gasteiger partial charge in [0, 0.05) is 43.5 Å². The lowest BCUT2D eigenvalue weighted by Crippen LogP contribution is -2.49. The normalized spacial score (nSPS) is 15.5. The molecule has 158 valence electrons. The van der Waals surface area contributed by atoms with Crippen LogP contribution in [-0.2, 0) is 10.0 Å². The fourth-order valence-electron chi connectivity index (χ4n) is 3.90. The molecule has 0 aliphatic carbocycles. The first kappa shape index (κ1) is 20.6. The van der Waals surface area contributed by atoms with Crippen molar-refractivity contribution in [2.24, 2.45) is 0 Å². The maximum absolute atomic E-state index is 13.4. The van der Waals surface area contributed by atoms with E-state index in [0.717, 1.165) is 11.3 Å². The van der Waals surface area contributed by atoms with Crippen LogP contribution in [0.2, 0.25) is 0 Å². The van der Waals surface area contributed by atoms with E-state index in [-0.39, 0.29) is 0 Å². The highest BCUT2D eigenvalue weighted by molar-refractivity contribution is 7.89. The van der Waals surface area contributed by atoms with Crippen LogP contribution in [-0.4, -0.2) is 44.1 Å². The van der Waals surface area contributed by atoms with Gasteiger partial charge in [0.1, 0.15) is 0 Å². The summed E-state index contributed by atoms with van der Waals surface area (Å²) in [4.78, 5) is 2.60. The van der Waals surface area contributed by atoms with Crippen molar-refractivity contribution in [3.8, 4) is 11.3 Å². The number of nitrogens with zero attached hydrogens (tertiary/aromatic N) is 3. The molecule has 4 rings (SSSR count). The van der Waals surface area contributed by atoms with Crippen LogP contribution in [0.4, 0.5) is 5.69 Å². The molecular weight excluding hydrogens is 398 g/mol. The molecule has 0 bridgehead atoms. The third kappa shape index (κ3) is 3.87. The summed E-state index contributed by atoms with van der Waals surface area (Å²) in [7, 11) is -3.60. The molecule has 1 saturated heterocycles. The second-order valence-corrected chi connectivity index (χ2v) is 9.90. The van der Waals surface area contributed by atoms with Crippen LogP contribution in [0.15, 0.2) is 51.9 Å². The van der Waals surface area contributed by atoms with Gasteiger partial charge in [-0.25, -0.2) is 8.42 Å². The predicted octanol–water partition coefficient (Wildman–Crippen LogP) is 4.09. The van der Waals surface area contributed by atoms with Gasteiger partial charge in [-0.1, -0.05) is 29.4 Å². The first-order chi connectivity index (χ1) is 14.3. The molecule has 30 heavy (non-hydrogen) atoms. The second kappa shape index (κ2) is 7.89. The van der Waals surface area contributed by atoms with Crippen LogP contribution in [0, 0.1) is 27.7 Å². The zero-order valence-corrected chi connectivity index (χ0v) is 18.7. The number of hydrogen-bond donors (Lipinski definition) is 0. The SMILES string of the molecule is Cc1ccc(C)c(N2CCN(S(=O)(=O)c3cc(-c4cc(C)no4)ccc3C)CC2)c1. The van der Waals surface area contributed by atoms with Crippen molar-refractivity contribution in [2.45, 2.75) is 32.6 Å². The number of piperazine rings is 1. The number of aromatic nitrogens is 1. The van der Waals surface area contributed by atoms with Crippen molar-refractivity contribution >= 4 is 15.7 Å². The monoisotopic (exact) mass is 425 g/mol. The molecule has 0 N–H and O–H groups in total. The lowest BCUT2D eigenvalue weighted by molar-refractivity contribution is 0.384. The Balaban J connectivity index is 1.57. The maximum atomic E-state index is 13.4. The average molecular weight is 426 g/mol. The van der Waals surface area contributed by atoms with E-state index in [0.29, 0.717) is 42.4 Å². The molecule has 2 aromatic carbocycles. The highest BCUT2D eigenvalue weighted by atomic mass is 32.2. The summed E-state index contributed by atoms with van der Waals surface area (Å²) in [5.74, 6) is 0.573. The van der Waals surface area contributed by atoms with Crippen LogP contribution < -0.4 is 4.90 Å². The summed E-state index contributed by atoms with van der Waals surface area (Å²) >= 11 is 0.